The monoisotopic (exact) mass is 194 g/mol. The number of rotatable bonds is 2. The molecule has 3 nitrogen and oxygen atoms in total. The van der Waals surface area contributed by atoms with E-state index in [2.05, 4.69) is 10.0 Å². The first kappa shape index (κ1) is 8.59. The summed E-state index contributed by atoms with van der Waals surface area (Å²) in [5.74, 6) is 0.0848. The molecule has 2 rings (SSSR count). The molecule has 0 atom stereocenters. The molecule has 13 heavy (non-hydrogen) atoms. The zero-order valence-electron chi connectivity index (χ0n) is 7.26. The van der Waals surface area contributed by atoms with Crippen molar-refractivity contribution in [3.63, 3.8) is 0 Å². The fourth-order valence-corrected chi connectivity index (χ4v) is 1.96. The van der Waals surface area contributed by atoms with Crippen LogP contribution in [0.5, 0.6) is 0 Å². The smallest absolute Gasteiger partial charge is 0.228 e. The molecule has 1 heterocycles. The molecule has 1 aliphatic rings. The van der Waals surface area contributed by atoms with Gasteiger partial charge in [0.15, 0.2) is 0 Å². The molecule has 0 saturated carbocycles. The van der Waals surface area contributed by atoms with Crippen LogP contribution < -0.4 is 10.0 Å². The van der Waals surface area contributed by atoms with Gasteiger partial charge in [-0.25, -0.2) is 0 Å². The van der Waals surface area contributed by atoms with E-state index in [1.54, 1.807) is 11.9 Å². The molecule has 4 heteroatoms. The van der Waals surface area contributed by atoms with Gasteiger partial charge in [0.1, 0.15) is 0 Å². The fourth-order valence-electron chi connectivity index (χ4n) is 1.39. The first-order chi connectivity index (χ1) is 6.29. The highest BCUT2D eigenvalue weighted by molar-refractivity contribution is 7.97. The van der Waals surface area contributed by atoms with Gasteiger partial charge in [0, 0.05) is 10.6 Å². The Kier molecular flexibility index (Phi) is 2.24. The van der Waals surface area contributed by atoms with E-state index in [1.807, 2.05) is 25.2 Å². The Morgan fingerprint density at radius 3 is 3.15 bits per heavy atom. The standard InChI is InChI=1S/C9H10N2OS/c1-10-13-7-2-3-8-6(4-7)5-9(12)11-8/h2-4,10H,5H2,1H3,(H,11,12). The van der Waals surface area contributed by atoms with Crippen molar-refractivity contribution in [2.45, 2.75) is 11.3 Å². The minimum Gasteiger partial charge on any atom is -0.326 e. The SMILES string of the molecule is CNSc1ccc2c(c1)CC(=O)N2. The van der Waals surface area contributed by atoms with Gasteiger partial charge in [-0.15, -0.1) is 0 Å². The lowest BCUT2D eigenvalue weighted by atomic mass is 10.2. The van der Waals surface area contributed by atoms with Crippen molar-refractivity contribution in [2.75, 3.05) is 12.4 Å². The third kappa shape index (κ3) is 1.68. The number of amides is 1. The van der Waals surface area contributed by atoms with E-state index in [4.69, 9.17) is 0 Å². The summed E-state index contributed by atoms with van der Waals surface area (Å²) in [6.07, 6.45) is 0.507. The molecule has 0 spiro atoms. The molecule has 1 aromatic rings. The Labute approximate surface area is 81.0 Å². The lowest BCUT2D eigenvalue weighted by molar-refractivity contribution is -0.115. The summed E-state index contributed by atoms with van der Waals surface area (Å²) in [4.78, 5) is 12.2. The van der Waals surface area contributed by atoms with Gasteiger partial charge in [0.25, 0.3) is 0 Å². The third-order valence-corrected chi connectivity index (χ3v) is 2.62. The predicted octanol–water partition coefficient (Wildman–Crippen LogP) is 1.41. The van der Waals surface area contributed by atoms with E-state index >= 15 is 0 Å². The second kappa shape index (κ2) is 3.40. The van der Waals surface area contributed by atoms with Crippen LogP contribution in [-0.2, 0) is 11.2 Å². The van der Waals surface area contributed by atoms with Crippen LogP contribution in [0.4, 0.5) is 5.69 Å². The van der Waals surface area contributed by atoms with E-state index in [9.17, 15) is 4.79 Å². The lowest BCUT2D eigenvalue weighted by Crippen LogP contribution is -2.03. The molecular formula is C9H10N2OS. The fraction of sp³-hybridized carbons (Fsp3) is 0.222. The Morgan fingerprint density at radius 2 is 2.38 bits per heavy atom. The number of carbonyl (C=O) groups is 1. The highest BCUT2D eigenvalue weighted by atomic mass is 32.2. The topological polar surface area (TPSA) is 41.1 Å². The van der Waals surface area contributed by atoms with Crippen LogP contribution in [0.25, 0.3) is 0 Å². The van der Waals surface area contributed by atoms with Crippen molar-refractivity contribution >= 4 is 23.5 Å². The van der Waals surface area contributed by atoms with E-state index in [1.165, 1.54) is 0 Å². The van der Waals surface area contributed by atoms with Crippen molar-refractivity contribution in [2.24, 2.45) is 0 Å². The number of hydrogen-bond acceptors (Lipinski definition) is 3. The summed E-state index contributed by atoms with van der Waals surface area (Å²) < 4.78 is 3.00. The van der Waals surface area contributed by atoms with Gasteiger partial charge in [0.2, 0.25) is 5.91 Å². The van der Waals surface area contributed by atoms with Crippen molar-refractivity contribution in [3.05, 3.63) is 23.8 Å². The van der Waals surface area contributed by atoms with Gasteiger partial charge in [0.05, 0.1) is 6.42 Å². The van der Waals surface area contributed by atoms with Crippen LogP contribution in [0.2, 0.25) is 0 Å². The summed E-state index contributed by atoms with van der Waals surface area (Å²) in [5, 5.41) is 2.80. The Morgan fingerprint density at radius 1 is 1.54 bits per heavy atom. The molecule has 1 aliphatic heterocycles. The van der Waals surface area contributed by atoms with Gasteiger partial charge >= 0.3 is 0 Å². The quantitative estimate of drug-likeness (QED) is 0.699. The number of carbonyl (C=O) groups excluding carboxylic acids is 1. The number of benzene rings is 1. The van der Waals surface area contributed by atoms with E-state index < -0.39 is 0 Å². The van der Waals surface area contributed by atoms with Crippen LogP contribution in [0.1, 0.15) is 5.56 Å². The van der Waals surface area contributed by atoms with Crippen LogP contribution in [0.3, 0.4) is 0 Å². The maximum absolute atomic E-state index is 11.0. The van der Waals surface area contributed by atoms with Crippen LogP contribution in [-0.4, -0.2) is 13.0 Å². The van der Waals surface area contributed by atoms with Crippen molar-refractivity contribution in [1.82, 2.24) is 4.72 Å². The normalized spacial score (nSPS) is 14.1. The summed E-state index contributed by atoms with van der Waals surface area (Å²) >= 11 is 1.55. The highest BCUT2D eigenvalue weighted by Gasteiger charge is 2.17. The molecule has 0 bridgehead atoms. The molecule has 68 valence electrons. The largest absolute Gasteiger partial charge is 0.326 e. The third-order valence-electron chi connectivity index (χ3n) is 1.92. The number of fused-ring (bicyclic) bond motifs is 1. The number of nitrogens with one attached hydrogen (secondary N) is 2. The van der Waals surface area contributed by atoms with Crippen LogP contribution in [0, 0.1) is 0 Å². The summed E-state index contributed by atoms with van der Waals surface area (Å²) in [5.41, 5.74) is 2.04. The van der Waals surface area contributed by atoms with Crippen molar-refractivity contribution < 1.29 is 4.79 Å². The minimum absolute atomic E-state index is 0.0848. The molecule has 1 aromatic carbocycles. The maximum Gasteiger partial charge on any atom is 0.228 e. The average molecular weight is 194 g/mol. The molecule has 2 N–H and O–H groups in total. The molecule has 1 amide bonds. The van der Waals surface area contributed by atoms with E-state index in [0.717, 1.165) is 16.1 Å². The van der Waals surface area contributed by atoms with Gasteiger partial charge in [-0.3, -0.25) is 9.52 Å². The molecule has 0 radical (unpaired) electrons. The Hall–Kier alpha value is -1.00. The lowest BCUT2D eigenvalue weighted by Gasteiger charge is -2.01. The molecule has 0 aliphatic carbocycles. The first-order valence-corrected chi connectivity index (χ1v) is 4.87. The Balaban J connectivity index is 2.29. The number of hydrogen-bond donors (Lipinski definition) is 2. The average Bonchev–Trinajstić information content (AvgIpc) is 2.44. The zero-order chi connectivity index (χ0) is 9.26. The molecular weight excluding hydrogens is 184 g/mol. The summed E-state index contributed by atoms with van der Waals surface area (Å²) in [7, 11) is 1.88. The highest BCUT2D eigenvalue weighted by Crippen LogP contribution is 2.26. The van der Waals surface area contributed by atoms with Gasteiger partial charge in [-0.2, -0.15) is 0 Å². The Bertz CT molecular complexity index is 351. The second-order valence-electron chi connectivity index (χ2n) is 2.85. The summed E-state index contributed by atoms with van der Waals surface area (Å²) in [6.45, 7) is 0. The van der Waals surface area contributed by atoms with Crippen LogP contribution in [0.15, 0.2) is 23.1 Å². The maximum atomic E-state index is 11.0. The van der Waals surface area contributed by atoms with Crippen molar-refractivity contribution in [1.29, 1.82) is 0 Å². The number of anilines is 1. The van der Waals surface area contributed by atoms with Gasteiger partial charge in [-0.1, -0.05) is 0 Å². The zero-order valence-corrected chi connectivity index (χ0v) is 8.07. The van der Waals surface area contributed by atoms with E-state index in [0.29, 0.717) is 6.42 Å². The molecule has 0 aromatic heterocycles. The van der Waals surface area contributed by atoms with E-state index in [-0.39, 0.29) is 5.91 Å². The molecule has 0 fully saturated rings. The molecule has 0 unspecified atom stereocenters. The van der Waals surface area contributed by atoms with Crippen LogP contribution >= 0.6 is 11.9 Å². The summed E-state index contributed by atoms with van der Waals surface area (Å²) in [6, 6.07) is 5.97. The first-order valence-electron chi connectivity index (χ1n) is 4.06. The minimum atomic E-state index is 0.0848. The van der Waals surface area contributed by atoms with Crippen molar-refractivity contribution in [3.8, 4) is 0 Å². The van der Waals surface area contributed by atoms with Gasteiger partial charge in [-0.05, 0) is 42.8 Å². The van der Waals surface area contributed by atoms with Gasteiger partial charge < -0.3 is 5.32 Å². The predicted molar refractivity (Wildman–Crippen MR) is 53.7 cm³/mol. The second-order valence-corrected chi connectivity index (χ2v) is 3.93. The molecule has 0 saturated heterocycles.